The van der Waals surface area contributed by atoms with Gasteiger partial charge < -0.3 is 4.90 Å². The fraction of sp³-hybridized carbons (Fsp3) is 0.273. The van der Waals surface area contributed by atoms with Crippen LogP contribution in [0.2, 0.25) is 0 Å². The zero-order valence-corrected chi connectivity index (χ0v) is 15.3. The van der Waals surface area contributed by atoms with Crippen LogP contribution >= 0.6 is 0 Å². The lowest BCUT2D eigenvalue weighted by Gasteiger charge is -2.39. The molecule has 27 heavy (non-hydrogen) atoms. The summed E-state index contributed by atoms with van der Waals surface area (Å²) in [6.45, 7) is 3.23. The summed E-state index contributed by atoms with van der Waals surface area (Å²) in [4.78, 5) is 17.0. The van der Waals surface area contributed by atoms with Gasteiger partial charge in [-0.25, -0.2) is 0 Å². The highest BCUT2D eigenvalue weighted by molar-refractivity contribution is 5.78. The summed E-state index contributed by atoms with van der Waals surface area (Å²) in [6.07, 6.45) is 2.08. The minimum atomic E-state index is 0.162. The Bertz CT molecular complexity index is 801. The van der Waals surface area contributed by atoms with E-state index in [9.17, 15) is 4.79 Å². The van der Waals surface area contributed by atoms with E-state index in [1.54, 1.807) is 6.20 Å². The van der Waals surface area contributed by atoms with Crippen LogP contribution in [-0.4, -0.2) is 52.1 Å². The molecule has 0 aliphatic carbocycles. The first kappa shape index (κ1) is 17.5. The fourth-order valence-corrected chi connectivity index (χ4v) is 3.77. The number of carbonyl (C=O) groups excluding carboxylic acids is 1. The largest absolute Gasteiger partial charge is 0.340 e. The van der Waals surface area contributed by atoms with Crippen molar-refractivity contribution in [3.63, 3.8) is 0 Å². The summed E-state index contributed by atoms with van der Waals surface area (Å²) in [7, 11) is 0. The van der Waals surface area contributed by atoms with Gasteiger partial charge in [0.1, 0.15) is 0 Å². The molecule has 1 saturated heterocycles. The van der Waals surface area contributed by atoms with Crippen molar-refractivity contribution in [1.82, 2.24) is 20.0 Å². The average molecular weight is 360 g/mol. The molecular weight excluding hydrogens is 336 g/mol. The first-order valence-corrected chi connectivity index (χ1v) is 9.41. The van der Waals surface area contributed by atoms with Gasteiger partial charge in [0.25, 0.3) is 0 Å². The fourth-order valence-electron chi connectivity index (χ4n) is 3.77. The topological polar surface area (TPSA) is 52.2 Å². The van der Waals surface area contributed by atoms with E-state index in [1.807, 2.05) is 11.0 Å². The molecule has 0 bridgehead atoms. The molecule has 0 unspecified atom stereocenters. The van der Waals surface area contributed by atoms with E-state index in [1.165, 1.54) is 11.1 Å². The molecule has 5 heteroatoms. The maximum Gasteiger partial charge on any atom is 0.228 e. The monoisotopic (exact) mass is 360 g/mol. The number of nitrogens with one attached hydrogen (secondary N) is 1. The second kappa shape index (κ2) is 8.18. The van der Waals surface area contributed by atoms with Gasteiger partial charge in [-0.2, -0.15) is 5.10 Å². The van der Waals surface area contributed by atoms with E-state index in [-0.39, 0.29) is 11.9 Å². The molecule has 1 aromatic heterocycles. The van der Waals surface area contributed by atoms with Crippen LogP contribution in [0.25, 0.3) is 0 Å². The van der Waals surface area contributed by atoms with Crippen LogP contribution in [0.3, 0.4) is 0 Å². The number of hydrogen-bond acceptors (Lipinski definition) is 3. The zero-order valence-electron chi connectivity index (χ0n) is 15.3. The smallest absolute Gasteiger partial charge is 0.228 e. The van der Waals surface area contributed by atoms with Gasteiger partial charge in [0, 0.05) is 38.1 Å². The number of aromatic nitrogens is 2. The van der Waals surface area contributed by atoms with Gasteiger partial charge >= 0.3 is 0 Å². The maximum atomic E-state index is 12.5. The normalized spacial score (nSPS) is 15.2. The summed E-state index contributed by atoms with van der Waals surface area (Å²) in [5.74, 6) is 0.162. The average Bonchev–Trinajstić information content (AvgIpc) is 3.23. The van der Waals surface area contributed by atoms with Crippen molar-refractivity contribution >= 4 is 5.91 Å². The lowest BCUT2D eigenvalue weighted by Crippen LogP contribution is -2.50. The van der Waals surface area contributed by atoms with Crippen LogP contribution in [0.4, 0.5) is 0 Å². The van der Waals surface area contributed by atoms with Gasteiger partial charge in [-0.3, -0.25) is 14.8 Å². The Morgan fingerprint density at radius 1 is 0.889 bits per heavy atom. The van der Waals surface area contributed by atoms with Gasteiger partial charge in [0.15, 0.2) is 0 Å². The van der Waals surface area contributed by atoms with E-state index in [4.69, 9.17) is 0 Å². The molecule has 2 aromatic carbocycles. The number of benzene rings is 2. The maximum absolute atomic E-state index is 12.5. The first-order valence-electron chi connectivity index (χ1n) is 9.41. The predicted molar refractivity (Wildman–Crippen MR) is 105 cm³/mol. The van der Waals surface area contributed by atoms with Crippen molar-refractivity contribution < 1.29 is 4.79 Å². The molecular formula is C22H24N4O. The second-order valence-corrected chi connectivity index (χ2v) is 6.90. The summed E-state index contributed by atoms with van der Waals surface area (Å²) in [5.41, 5.74) is 3.45. The molecule has 0 saturated carbocycles. The molecule has 1 fully saturated rings. The Kier molecular flexibility index (Phi) is 5.30. The highest BCUT2D eigenvalue weighted by Crippen LogP contribution is 2.29. The Balaban J connectivity index is 1.46. The molecule has 1 aliphatic rings. The Labute approximate surface area is 159 Å². The van der Waals surface area contributed by atoms with Crippen LogP contribution in [0.1, 0.15) is 22.9 Å². The molecule has 1 aliphatic heterocycles. The predicted octanol–water partition coefficient (Wildman–Crippen LogP) is 2.89. The molecule has 4 rings (SSSR count). The summed E-state index contributed by atoms with van der Waals surface area (Å²) in [5, 5.41) is 6.79. The highest BCUT2D eigenvalue weighted by atomic mass is 16.2. The first-order chi connectivity index (χ1) is 13.3. The minimum absolute atomic E-state index is 0.162. The molecule has 1 amide bonds. The molecule has 1 N–H and O–H groups in total. The number of rotatable bonds is 5. The standard InChI is InChI=1S/C22H24N4O/c27-21(17-20-11-12-23-24-20)25-13-15-26(16-14-25)22(18-7-3-1-4-8-18)19-9-5-2-6-10-19/h1-12,22H,13-17H2,(H,23,24). The van der Waals surface area contributed by atoms with Gasteiger partial charge in [0.2, 0.25) is 5.91 Å². The quantitative estimate of drug-likeness (QED) is 0.761. The molecule has 2 heterocycles. The third-order valence-corrected chi connectivity index (χ3v) is 5.16. The zero-order chi connectivity index (χ0) is 18.5. The molecule has 0 spiro atoms. The lowest BCUT2D eigenvalue weighted by molar-refractivity contribution is -0.132. The number of amides is 1. The van der Waals surface area contributed by atoms with E-state index in [2.05, 4.69) is 75.8 Å². The van der Waals surface area contributed by atoms with Crippen LogP contribution in [0, 0.1) is 0 Å². The van der Waals surface area contributed by atoms with Gasteiger partial charge in [-0.05, 0) is 17.2 Å². The molecule has 138 valence electrons. The number of carbonyl (C=O) groups is 1. The van der Waals surface area contributed by atoms with Crippen LogP contribution in [0.5, 0.6) is 0 Å². The van der Waals surface area contributed by atoms with Crippen molar-refractivity contribution in [2.24, 2.45) is 0 Å². The van der Waals surface area contributed by atoms with Gasteiger partial charge in [-0.15, -0.1) is 0 Å². The Hall–Kier alpha value is -2.92. The Morgan fingerprint density at radius 3 is 2.00 bits per heavy atom. The van der Waals surface area contributed by atoms with Crippen molar-refractivity contribution in [2.45, 2.75) is 12.5 Å². The highest BCUT2D eigenvalue weighted by Gasteiger charge is 2.28. The van der Waals surface area contributed by atoms with Crippen LogP contribution < -0.4 is 0 Å². The van der Waals surface area contributed by atoms with Crippen LogP contribution in [0.15, 0.2) is 72.9 Å². The molecule has 5 nitrogen and oxygen atoms in total. The number of hydrogen-bond donors (Lipinski definition) is 1. The van der Waals surface area contributed by atoms with E-state index >= 15 is 0 Å². The number of H-pyrrole nitrogens is 1. The number of aromatic amines is 1. The third-order valence-electron chi connectivity index (χ3n) is 5.16. The summed E-state index contributed by atoms with van der Waals surface area (Å²) >= 11 is 0. The van der Waals surface area contributed by atoms with Crippen molar-refractivity contribution in [2.75, 3.05) is 26.2 Å². The third kappa shape index (κ3) is 4.09. The lowest BCUT2D eigenvalue weighted by atomic mass is 9.96. The number of piperazine rings is 1. The molecule has 0 radical (unpaired) electrons. The van der Waals surface area contributed by atoms with Gasteiger partial charge in [0.05, 0.1) is 12.5 Å². The van der Waals surface area contributed by atoms with Gasteiger partial charge in [-0.1, -0.05) is 60.7 Å². The van der Waals surface area contributed by atoms with Crippen molar-refractivity contribution in [1.29, 1.82) is 0 Å². The molecule has 3 aromatic rings. The van der Waals surface area contributed by atoms with E-state index in [0.29, 0.717) is 6.42 Å². The van der Waals surface area contributed by atoms with Crippen molar-refractivity contribution in [3.8, 4) is 0 Å². The van der Waals surface area contributed by atoms with Crippen molar-refractivity contribution in [3.05, 3.63) is 89.7 Å². The summed E-state index contributed by atoms with van der Waals surface area (Å²) < 4.78 is 0. The van der Waals surface area contributed by atoms with Crippen LogP contribution in [-0.2, 0) is 11.2 Å². The summed E-state index contributed by atoms with van der Waals surface area (Å²) in [6, 6.07) is 23.3. The minimum Gasteiger partial charge on any atom is -0.340 e. The number of nitrogens with zero attached hydrogens (tertiary/aromatic N) is 3. The Morgan fingerprint density at radius 2 is 1.48 bits per heavy atom. The van der Waals surface area contributed by atoms with E-state index < -0.39 is 0 Å². The SMILES string of the molecule is O=C(Cc1ccn[nH]1)N1CCN(C(c2ccccc2)c2ccccc2)CC1. The second-order valence-electron chi connectivity index (χ2n) is 6.90. The van der Waals surface area contributed by atoms with E-state index in [0.717, 1.165) is 31.9 Å². The molecule has 0 atom stereocenters.